The molecule has 0 aliphatic carbocycles. The van der Waals surface area contributed by atoms with Gasteiger partial charge in [-0.05, 0) is 66.9 Å². The van der Waals surface area contributed by atoms with E-state index in [1.54, 1.807) is 49.7 Å². The minimum absolute atomic E-state index is 0.0884. The molecule has 170 valence electrons. The van der Waals surface area contributed by atoms with Gasteiger partial charge in [-0.2, -0.15) is 0 Å². The lowest BCUT2D eigenvalue weighted by atomic mass is 10.3. The average Bonchev–Trinajstić information content (AvgIpc) is 3.33. The number of thiophene rings is 1. The highest BCUT2D eigenvalue weighted by molar-refractivity contribution is 7.94. The zero-order valence-electron chi connectivity index (χ0n) is 17.5. The molecule has 1 amide bonds. The molecule has 1 unspecified atom stereocenters. The van der Waals surface area contributed by atoms with Gasteiger partial charge in [0.1, 0.15) is 34.7 Å². The van der Waals surface area contributed by atoms with Crippen LogP contribution < -0.4 is 19.1 Å². The number of amides is 1. The normalized spacial score (nSPS) is 12.1. The Kier molecular flexibility index (Phi) is 7.70. The maximum atomic E-state index is 13.4. The summed E-state index contributed by atoms with van der Waals surface area (Å²) in [5.41, 5.74) is 0.192. The number of anilines is 1. The lowest BCUT2D eigenvalue weighted by molar-refractivity contribution is -0.120. The highest BCUT2D eigenvalue weighted by Crippen LogP contribution is 2.26. The van der Waals surface area contributed by atoms with Crippen molar-refractivity contribution >= 4 is 33.0 Å². The van der Waals surface area contributed by atoms with Crippen molar-refractivity contribution in [2.24, 2.45) is 0 Å². The quantitative estimate of drug-likeness (QED) is 0.481. The van der Waals surface area contributed by atoms with Gasteiger partial charge in [-0.3, -0.25) is 9.10 Å². The average molecular weight is 479 g/mol. The first-order chi connectivity index (χ1) is 15.3. The third-order valence-corrected chi connectivity index (χ3v) is 7.55. The molecule has 0 spiro atoms. The molecule has 1 atom stereocenters. The number of nitrogens with one attached hydrogen (secondary N) is 1. The predicted molar refractivity (Wildman–Crippen MR) is 121 cm³/mol. The van der Waals surface area contributed by atoms with E-state index in [4.69, 9.17) is 9.47 Å². The number of ether oxygens (including phenoxy) is 2. The lowest BCUT2D eigenvalue weighted by Gasteiger charge is -2.24. The van der Waals surface area contributed by atoms with Crippen molar-refractivity contribution in [1.82, 2.24) is 5.32 Å². The van der Waals surface area contributed by atoms with Crippen LogP contribution in [0.15, 0.2) is 70.3 Å². The number of methoxy groups -OCH3 is 1. The number of hydrogen-bond acceptors (Lipinski definition) is 6. The summed E-state index contributed by atoms with van der Waals surface area (Å²) in [6.45, 7) is 1.47. The number of benzene rings is 2. The lowest BCUT2D eigenvalue weighted by Crippen LogP contribution is -2.45. The third-order valence-electron chi connectivity index (χ3n) is 4.41. The number of hydrogen-bond donors (Lipinski definition) is 1. The van der Waals surface area contributed by atoms with Crippen molar-refractivity contribution in [2.75, 3.05) is 24.6 Å². The molecule has 1 heterocycles. The van der Waals surface area contributed by atoms with Crippen LogP contribution in [0.1, 0.15) is 6.92 Å². The minimum atomic E-state index is -3.99. The maximum Gasteiger partial charge on any atom is 0.274 e. The van der Waals surface area contributed by atoms with E-state index < -0.39 is 28.3 Å². The second-order valence-electron chi connectivity index (χ2n) is 6.88. The van der Waals surface area contributed by atoms with Crippen LogP contribution in [-0.4, -0.2) is 40.6 Å². The van der Waals surface area contributed by atoms with E-state index in [0.29, 0.717) is 11.5 Å². The Balaban J connectivity index is 1.67. The van der Waals surface area contributed by atoms with E-state index in [2.05, 4.69) is 5.32 Å². The zero-order chi connectivity index (χ0) is 23.1. The fourth-order valence-corrected chi connectivity index (χ4v) is 5.35. The van der Waals surface area contributed by atoms with Crippen LogP contribution in [0.3, 0.4) is 0 Å². The topological polar surface area (TPSA) is 84.9 Å². The number of carbonyl (C=O) groups is 1. The highest BCUT2D eigenvalue weighted by atomic mass is 32.2. The molecule has 0 bridgehead atoms. The summed E-state index contributed by atoms with van der Waals surface area (Å²) in [5.74, 6) is 0.294. The molecular weight excluding hydrogens is 455 g/mol. The van der Waals surface area contributed by atoms with Gasteiger partial charge in [0.05, 0.1) is 18.8 Å². The predicted octanol–water partition coefficient (Wildman–Crippen LogP) is 3.67. The molecule has 0 fully saturated rings. The Morgan fingerprint density at radius 3 is 2.34 bits per heavy atom. The van der Waals surface area contributed by atoms with Crippen molar-refractivity contribution in [3.05, 3.63) is 71.9 Å². The van der Waals surface area contributed by atoms with Crippen molar-refractivity contribution < 1.29 is 27.1 Å². The number of sulfonamides is 1. The first-order valence-corrected chi connectivity index (χ1v) is 12.0. The van der Waals surface area contributed by atoms with E-state index >= 15 is 0 Å². The van der Waals surface area contributed by atoms with E-state index in [1.165, 1.54) is 18.2 Å². The van der Waals surface area contributed by atoms with Crippen LogP contribution in [0.5, 0.6) is 11.5 Å². The summed E-state index contributed by atoms with van der Waals surface area (Å²) in [7, 11) is -2.42. The zero-order valence-corrected chi connectivity index (χ0v) is 19.2. The van der Waals surface area contributed by atoms with Crippen LogP contribution in [0, 0.1) is 5.82 Å². The van der Waals surface area contributed by atoms with E-state index in [0.717, 1.165) is 27.8 Å². The smallest absolute Gasteiger partial charge is 0.274 e. The number of halogens is 1. The SMILES string of the molecule is COc1ccc(OCC(C)NC(=O)CN(c2ccc(F)cc2)S(=O)(=O)c2cccs2)cc1. The number of carbonyl (C=O) groups excluding carboxylic acids is 1. The van der Waals surface area contributed by atoms with Gasteiger partial charge < -0.3 is 14.8 Å². The summed E-state index contributed by atoms with van der Waals surface area (Å²) in [6.07, 6.45) is 0. The molecule has 1 N–H and O–H groups in total. The van der Waals surface area contributed by atoms with Gasteiger partial charge in [-0.1, -0.05) is 6.07 Å². The molecule has 0 saturated carbocycles. The van der Waals surface area contributed by atoms with Crippen molar-refractivity contribution in [1.29, 1.82) is 0 Å². The second kappa shape index (κ2) is 10.5. The van der Waals surface area contributed by atoms with E-state index in [1.807, 2.05) is 0 Å². The van der Waals surface area contributed by atoms with Crippen molar-refractivity contribution in [2.45, 2.75) is 17.2 Å². The summed E-state index contributed by atoms with van der Waals surface area (Å²) < 4.78 is 51.3. The van der Waals surface area contributed by atoms with Gasteiger partial charge in [-0.15, -0.1) is 11.3 Å². The van der Waals surface area contributed by atoms with Gasteiger partial charge in [-0.25, -0.2) is 12.8 Å². The molecular formula is C22H23FN2O5S2. The van der Waals surface area contributed by atoms with Crippen molar-refractivity contribution in [3.63, 3.8) is 0 Å². The molecule has 7 nitrogen and oxygen atoms in total. The van der Waals surface area contributed by atoms with Gasteiger partial charge in [0.25, 0.3) is 10.0 Å². The maximum absolute atomic E-state index is 13.4. The van der Waals surface area contributed by atoms with Crippen molar-refractivity contribution in [3.8, 4) is 11.5 Å². The Morgan fingerprint density at radius 2 is 1.75 bits per heavy atom. The van der Waals surface area contributed by atoms with Gasteiger partial charge in [0, 0.05) is 0 Å². The summed E-state index contributed by atoms with van der Waals surface area (Å²) >= 11 is 1.04. The van der Waals surface area contributed by atoms with E-state index in [9.17, 15) is 17.6 Å². The third kappa shape index (κ3) is 5.98. The molecule has 32 heavy (non-hydrogen) atoms. The highest BCUT2D eigenvalue weighted by Gasteiger charge is 2.28. The molecule has 3 rings (SSSR count). The van der Waals surface area contributed by atoms with Crippen LogP contribution in [-0.2, 0) is 14.8 Å². The number of nitrogens with zero attached hydrogens (tertiary/aromatic N) is 1. The first kappa shape index (κ1) is 23.6. The second-order valence-corrected chi connectivity index (χ2v) is 9.91. The number of rotatable bonds is 10. The fraction of sp³-hybridized carbons (Fsp3) is 0.227. The minimum Gasteiger partial charge on any atom is -0.497 e. The van der Waals surface area contributed by atoms with Crippen LogP contribution in [0.2, 0.25) is 0 Å². The molecule has 2 aromatic carbocycles. The molecule has 0 radical (unpaired) electrons. The monoisotopic (exact) mass is 478 g/mol. The summed E-state index contributed by atoms with van der Waals surface area (Å²) in [6, 6.07) is 14.6. The van der Waals surface area contributed by atoms with Gasteiger partial charge in [0.15, 0.2) is 0 Å². The Morgan fingerprint density at radius 1 is 1.09 bits per heavy atom. The van der Waals surface area contributed by atoms with Crippen LogP contribution >= 0.6 is 11.3 Å². The molecule has 1 aromatic heterocycles. The molecule has 3 aromatic rings. The first-order valence-electron chi connectivity index (χ1n) is 9.67. The Labute approximate surface area is 190 Å². The molecule has 0 saturated heterocycles. The molecule has 0 aliphatic heterocycles. The van der Waals surface area contributed by atoms with E-state index in [-0.39, 0.29) is 22.5 Å². The summed E-state index contributed by atoms with van der Waals surface area (Å²) in [4.78, 5) is 12.7. The molecule has 0 aliphatic rings. The Bertz CT molecular complexity index is 1120. The standard InChI is InChI=1S/C22H23FN2O5S2/c1-16(15-30-20-11-9-19(29-2)10-12-20)24-21(26)14-25(18-7-5-17(23)6-8-18)32(27,28)22-4-3-13-31-22/h3-13,16H,14-15H2,1-2H3,(H,24,26). The largest absolute Gasteiger partial charge is 0.497 e. The van der Waals surface area contributed by atoms with Gasteiger partial charge in [0.2, 0.25) is 5.91 Å². The van der Waals surface area contributed by atoms with Crippen LogP contribution in [0.25, 0.3) is 0 Å². The van der Waals surface area contributed by atoms with Crippen LogP contribution in [0.4, 0.5) is 10.1 Å². The molecule has 10 heteroatoms. The fourth-order valence-electron chi connectivity index (χ4n) is 2.83. The van der Waals surface area contributed by atoms with Gasteiger partial charge >= 0.3 is 0 Å². The summed E-state index contributed by atoms with van der Waals surface area (Å²) in [5, 5.41) is 4.37. The Hall–Kier alpha value is -3.11.